The second-order valence-electron chi connectivity index (χ2n) is 7.97. The van der Waals surface area contributed by atoms with Gasteiger partial charge in [0.25, 0.3) is 0 Å². The summed E-state index contributed by atoms with van der Waals surface area (Å²) in [4.78, 5) is 11.9. The van der Waals surface area contributed by atoms with Crippen LogP contribution in [0.1, 0.15) is 35.8 Å². The molecule has 36 heavy (non-hydrogen) atoms. The molecule has 1 aromatic heterocycles. The van der Waals surface area contributed by atoms with E-state index in [0.717, 1.165) is 6.07 Å². The molecular formula is C23H23FN6O5S. The van der Waals surface area contributed by atoms with E-state index in [2.05, 4.69) is 20.2 Å². The van der Waals surface area contributed by atoms with Crippen molar-refractivity contribution < 1.29 is 27.1 Å². The summed E-state index contributed by atoms with van der Waals surface area (Å²) in [6.45, 7) is 0. The summed E-state index contributed by atoms with van der Waals surface area (Å²) in [6.07, 6.45) is 0.708. The summed E-state index contributed by atoms with van der Waals surface area (Å²) in [5.74, 6) is -0.243. The maximum absolute atomic E-state index is 13.4. The number of hydrogen-bond donors (Lipinski definition) is 2. The highest BCUT2D eigenvalue weighted by molar-refractivity contribution is 7.92. The summed E-state index contributed by atoms with van der Waals surface area (Å²) in [5, 5.41) is 20.3. The predicted octanol–water partition coefficient (Wildman–Crippen LogP) is 2.23. The molecule has 1 fully saturated rings. The minimum atomic E-state index is -4.00. The van der Waals surface area contributed by atoms with Crippen LogP contribution in [0.15, 0.2) is 36.4 Å². The smallest absolute Gasteiger partial charge is 0.243 e. The number of para-hydroxylation sites is 1. The molecule has 1 saturated heterocycles. The van der Waals surface area contributed by atoms with Crippen molar-refractivity contribution in [3.8, 4) is 23.3 Å². The second-order valence-corrected chi connectivity index (χ2v) is 9.81. The zero-order chi connectivity index (χ0) is 25.9. The molecule has 1 aliphatic heterocycles. The van der Waals surface area contributed by atoms with Gasteiger partial charge < -0.3 is 14.8 Å². The van der Waals surface area contributed by atoms with Gasteiger partial charge in [-0.25, -0.2) is 12.8 Å². The minimum Gasteiger partial charge on any atom is -0.494 e. The van der Waals surface area contributed by atoms with Crippen molar-refractivity contribution in [1.29, 1.82) is 5.26 Å². The largest absolute Gasteiger partial charge is 0.494 e. The maximum Gasteiger partial charge on any atom is 0.243 e. The molecule has 11 nitrogen and oxygen atoms in total. The first-order chi connectivity index (χ1) is 17.3. The Kier molecular flexibility index (Phi) is 7.07. The Morgan fingerprint density at radius 1 is 1.22 bits per heavy atom. The highest BCUT2D eigenvalue weighted by Crippen LogP contribution is 2.37. The molecule has 2 aromatic carbocycles. The predicted molar refractivity (Wildman–Crippen MR) is 127 cm³/mol. The molecule has 1 atom stereocenters. The second kappa shape index (κ2) is 10.2. The highest BCUT2D eigenvalue weighted by atomic mass is 32.2. The summed E-state index contributed by atoms with van der Waals surface area (Å²) < 4.78 is 54.4. The zero-order valence-corrected chi connectivity index (χ0v) is 20.3. The van der Waals surface area contributed by atoms with Crippen LogP contribution in [0.4, 0.5) is 10.3 Å². The molecule has 2 N–H and O–H groups in total. The molecule has 13 heteroatoms. The number of nitrogens with one attached hydrogen (secondary N) is 2. The first kappa shape index (κ1) is 24.9. The number of halogens is 1. The third-order valence-electron chi connectivity index (χ3n) is 5.70. The normalized spacial score (nSPS) is 15.3. The van der Waals surface area contributed by atoms with Crippen molar-refractivity contribution in [2.75, 3.05) is 24.7 Å². The van der Waals surface area contributed by atoms with Gasteiger partial charge in [-0.2, -0.15) is 5.26 Å². The summed E-state index contributed by atoms with van der Waals surface area (Å²) in [7, 11) is -1.09. The highest BCUT2D eigenvalue weighted by Gasteiger charge is 2.32. The Bertz CT molecular complexity index is 1430. The Morgan fingerprint density at radius 2 is 1.94 bits per heavy atom. The molecule has 188 valence electrons. The fraction of sp³-hybridized carbons (Fsp3) is 0.304. The van der Waals surface area contributed by atoms with E-state index in [1.54, 1.807) is 18.2 Å². The first-order valence-electron chi connectivity index (χ1n) is 10.9. The number of ether oxygens (including phenoxy) is 2. The number of carbonyl (C=O) groups excluding carboxylic acids is 1. The van der Waals surface area contributed by atoms with Crippen LogP contribution in [0.3, 0.4) is 0 Å². The molecule has 0 radical (unpaired) electrons. The van der Waals surface area contributed by atoms with E-state index in [1.807, 2.05) is 6.07 Å². The number of amides is 1. The van der Waals surface area contributed by atoms with Crippen LogP contribution in [0, 0.1) is 17.1 Å². The summed E-state index contributed by atoms with van der Waals surface area (Å²) in [5.41, 5.74) is 0.810. The number of methoxy groups -OCH3 is 2. The fourth-order valence-corrected chi connectivity index (χ4v) is 4.97. The van der Waals surface area contributed by atoms with E-state index in [4.69, 9.17) is 9.47 Å². The molecule has 1 amide bonds. The number of nitriles is 1. The van der Waals surface area contributed by atoms with Crippen LogP contribution >= 0.6 is 0 Å². The van der Waals surface area contributed by atoms with Crippen LogP contribution < -0.4 is 19.5 Å². The van der Waals surface area contributed by atoms with Crippen molar-refractivity contribution in [2.45, 2.75) is 25.3 Å². The van der Waals surface area contributed by atoms with Crippen LogP contribution in [-0.2, 0) is 21.2 Å². The van der Waals surface area contributed by atoms with Gasteiger partial charge in [-0.05, 0) is 42.7 Å². The van der Waals surface area contributed by atoms with Crippen LogP contribution in [0.2, 0.25) is 0 Å². The first-order valence-corrected chi connectivity index (χ1v) is 12.6. The monoisotopic (exact) mass is 514 g/mol. The molecular weight excluding hydrogens is 491 g/mol. The number of aryl methyl sites for hydroxylation is 1. The van der Waals surface area contributed by atoms with Crippen LogP contribution in [0.5, 0.6) is 11.5 Å². The molecule has 0 bridgehead atoms. The van der Waals surface area contributed by atoms with Crippen molar-refractivity contribution in [1.82, 2.24) is 20.1 Å². The van der Waals surface area contributed by atoms with Gasteiger partial charge in [-0.15, -0.1) is 10.2 Å². The number of aromatic nitrogens is 3. The molecule has 3 aromatic rings. The number of hydrogen-bond acceptors (Lipinski definition) is 8. The van der Waals surface area contributed by atoms with Gasteiger partial charge in [0, 0.05) is 6.42 Å². The molecule has 0 saturated carbocycles. The lowest BCUT2D eigenvalue weighted by Gasteiger charge is -2.19. The number of rotatable bonds is 9. The summed E-state index contributed by atoms with van der Waals surface area (Å²) in [6, 6.07) is 10.0. The number of nitrogens with zero attached hydrogens (tertiary/aromatic N) is 4. The van der Waals surface area contributed by atoms with Gasteiger partial charge in [-0.3, -0.25) is 14.1 Å². The van der Waals surface area contributed by atoms with Gasteiger partial charge in [0.2, 0.25) is 21.9 Å². The van der Waals surface area contributed by atoms with E-state index in [1.165, 1.54) is 30.9 Å². The van der Waals surface area contributed by atoms with E-state index in [-0.39, 0.29) is 23.8 Å². The van der Waals surface area contributed by atoms with Crippen molar-refractivity contribution in [3.63, 3.8) is 0 Å². The van der Waals surface area contributed by atoms with Crippen molar-refractivity contribution >= 4 is 21.9 Å². The van der Waals surface area contributed by atoms with Gasteiger partial charge in [0.1, 0.15) is 23.0 Å². The lowest BCUT2D eigenvalue weighted by Crippen LogP contribution is -2.24. The Labute approximate surface area is 206 Å². The lowest BCUT2D eigenvalue weighted by atomic mass is 10.1. The molecule has 1 aliphatic rings. The molecule has 2 heterocycles. The van der Waals surface area contributed by atoms with E-state index in [9.17, 15) is 22.9 Å². The fourth-order valence-electron chi connectivity index (χ4n) is 3.97. The van der Waals surface area contributed by atoms with Crippen LogP contribution in [-0.4, -0.2) is 49.1 Å². The van der Waals surface area contributed by atoms with Gasteiger partial charge >= 0.3 is 0 Å². The van der Waals surface area contributed by atoms with Crippen LogP contribution in [0.25, 0.3) is 5.69 Å². The number of benzene rings is 2. The lowest BCUT2D eigenvalue weighted by molar-refractivity contribution is -0.119. The molecule has 0 aliphatic carbocycles. The average molecular weight is 515 g/mol. The van der Waals surface area contributed by atoms with Crippen molar-refractivity contribution in [2.24, 2.45) is 0 Å². The maximum atomic E-state index is 13.4. The van der Waals surface area contributed by atoms with Crippen molar-refractivity contribution in [3.05, 3.63) is 59.2 Å². The Balaban J connectivity index is 1.72. The number of carbonyl (C=O) groups is 1. The van der Waals surface area contributed by atoms with Gasteiger partial charge in [0.05, 0.1) is 37.6 Å². The third-order valence-corrected chi connectivity index (χ3v) is 6.93. The molecule has 0 spiro atoms. The van der Waals surface area contributed by atoms with Gasteiger partial charge in [0.15, 0.2) is 5.82 Å². The minimum absolute atomic E-state index is 0.0316. The number of sulfonamides is 1. The molecule has 0 unspecified atom stereocenters. The Morgan fingerprint density at radius 3 is 2.56 bits per heavy atom. The van der Waals surface area contributed by atoms with E-state index in [0.29, 0.717) is 41.4 Å². The topological polar surface area (TPSA) is 148 Å². The van der Waals surface area contributed by atoms with E-state index >= 15 is 0 Å². The van der Waals surface area contributed by atoms with Gasteiger partial charge in [-0.1, -0.05) is 12.1 Å². The average Bonchev–Trinajstić information content (AvgIpc) is 3.47. The summed E-state index contributed by atoms with van der Waals surface area (Å²) >= 11 is 0. The van der Waals surface area contributed by atoms with E-state index < -0.39 is 27.6 Å². The SMILES string of the molecule is COc1cccc(OC)c1-n1c(NS(=O)(=O)CCc2ccc(F)cc2C#N)nnc1[C@H]1CCC(=O)N1. The zero-order valence-electron chi connectivity index (χ0n) is 19.5. The quantitative estimate of drug-likeness (QED) is 0.442. The Hall–Kier alpha value is -4.18. The standard InChI is InChI=1S/C23H23FN6O5S/c1-34-18-4-3-5-19(35-2)21(18)30-22(17-8-9-20(31)26-17)27-28-23(30)29-36(32,33)11-10-14-6-7-16(24)12-15(14)13-25/h3-7,12,17H,8-11H2,1-2H3,(H,26,31)(H,28,29)/t17-/m1/s1. The molecule has 4 rings (SSSR count). The number of anilines is 1. The third kappa shape index (κ3) is 5.08.